The number of hydrogen-bond donors (Lipinski definition) is 3. The van der Waals surface area contributed by atoms with Crippen molar-refractivity contribution in [1.82, 2.24) is 10.2 Å². The summed E-state index contributed by atoms with van der Waals surface area (Å²) in [5.41, 5.74) is 4.43. The average Bonchev–Trinajstić information content (AvgIpc) is 2.55. The standard InChI is InChI=1S/C11H12N4O3S.C2HF3O2/c1-18-11-7-6-10(13-14-11)15-19(16,17)9-4-2-8(12)3-5-9;3-2(4,5)1(6)7/h2-7H,12H2,1H3,(H,13,15);(H,6,7)/p+1. The van der Waals surface area contributed by atoms with E-state index in [1.165, 1.54) is 31.4 Å². The molecular formula is C13H14F3N4O5S+. The summed E-state index contributed by atoms with van der Waals surface area (Å²) in [6.07, 6.45) is -5.08. The van der Waals surface area contributed by atoms with Gasteiger partial charge in [0.1, 0.15) is 5.69 Å². The van der Waals surface area contributed by atoms with Gasteiger partial charge in [-0.3, -0.25) is 4.72 Å². The van der Waals surface area contributed by atoms with Crippen LogP contribution < -0.4 is 15.2 Å². The number of aliphatic carboxylic acids is 1. The van der Waals surface area contributed by atoms with Crippen LogP contribution in [-0.4, -0.2) is 43.0 Å². The lowest BCUT2D eigenvalue weighted by Gasteiger charge is -2.06. The molecule has 0 unspecified atom stereocenters. The zero-order chi connectivity index (χ0) is 20.0. The molecule has 0 bridgehead atoms. The molecule has 0 saturated carbocycles. The van der Waals surface area contributed by atoms with Gasteiger partial charge in [-0.15, -0.1) is 10.2 Å². The minimum Gasteiger partial charge on any atom is -0.480 e. The fraction of sp³-hybridized carbons (Fsp3) is 0.154. The highest BCUT2D eigenvalue weighted by atomic mass is 32.2. The third-order valence-electron chi connectivity index (χ3n) is 2.56. The maximum atomic E-state index is 12.0. The first-order valence-electron chi connectivity index (χ1n) is 6.58. The molecule has 0 radical (unpaired) electrons. The number of carboxylic acid groups (broad SMARTS) is 1. The molecule has 2 aromatic rings. The number of sulfonamides is 1. The van der Waals surface area contributed by atoms with Gasteiger partial charge in [-0.25, -0.2) is 13.2 Å². The quantitative estimate of drug-likeness (QED) is 0.694. The van der Waals surface area contributed by atoms with E-state index in [9.17, 15) is 21.6 Å². The molecule has 0 spiro atoms. The Bertz CT molecular complexity index is 840. The molecule has 0 aliphatic carbocycles. The second-order valence-electron chi connectivity index (χ2n) is 4.51. The summed E-state index contributed by atoms with van der Waals surface area (Å²) in [5, 5.41) is 14.5. The van der Waals surface area contributed by atoms with Crippen LogP contribution in [0.2, 0.25) is 0 Å². The fourth-order valence-corrected chi connectivity index (χ4v) is 2.34. The largest absolute Gasteiger partial charge is 0.490 e. The van der Waals surface area contributed by atoms with Crippen LogP contribution in [0.15, 0.2) is 41.3 Å². The number of alkyl halides is 3. The minimum absolute atomic E-state index is 0.125. The Labute approximate surface area is 145 Å². The van der Waals surface area contributed by atoms with E-state index in [4.69, 9.17) is 14.6 Å². The molecule has 0 fully saturated rings. The number of halogens is 3. The number of ether oxygens (including phenoxy) is 1. The SMILES string of the molecule is COc1ccc(NS(=O)(=O)c2ccc([NH3+])cc2)nn1.O=C(O)C(F)(F)F. The molecule has 1 heterocycles. The zero-order valence-electron chi connectivity index (χ0n) is 13.2. The van der Waals surface area contributed by atoms with Crippen LogP contribution in [0.25, 0.3) is 0 Å². The lowest BCUT2D eigenvalue weighted by molar-refractivity contribution is -0.254. The van der Waals surface area contributed by atoms with E-state index in [1.807, 2.05) is 0 Å². The predicted octanol–water partition coefficient (Wildman–Crippen LogP) is 0.793. The topological polar surface area (TPSA) is 146 Å². The molecule has 5 N–H and O–H groups in total. The second-order valence-corrected chi connectivity index (χ2v) is 6.20. The second kappa shape index (κ2) is 8.44. The Hall–Kier alpha value is -2.93. The fourth-order valence-electron chi connectivity index (χ4n) is 1.35. The van der Waals surface area contributed by atoms with Crippen molar-refractivity contribution in [3.8, 4) is 5.88 Å². The molecule has 0 aliphatic heterocycles. The highest BCUT2D eigenvalue weighted by Gasteiger charge is 2.38. The number of benzene rings is 1. The molecule has 13 heteroatoms. The summed E-state index contributed by atoms with van der Waals surface area (Å²) in [7, 11) is -2.22. The van der Waals surface area contributed by atoms with E-state index in [0.717, 1.165) is 5.69 Å². The van der Waals surface area contributed by atoms with Crippen LogP contribution in [0.1, 0.15) is 0 Å². The van der Waals surface area contributed by atoms with Gasteiger partial charge >= 0.3 is 12.1 Å². The van der Waals surface area contributed by atoms with E-state index < -0.39 is 22.2 Å². The molecule has 0 amide bonds. The number of hydrogen-bond acceptors (Lipinski definition) is 6. The summed E-state index contributed by atoms with van der Waals surface area (Å²) in [6, 6.07) is 9.18. The van der Waals surface area contributed by atoms with Crippen LogP contribution in [-0.2, 0) is 14.8 Å². The predicted molar refractivity (Wildman–Crippen MR) is 82.1 cm³/mol. The van der Waals surface area contributed by atoms with Crippen molar-refractivity contribution in [1.29, 1.82) is 0 Å². The number of rotatable bonds is 4. The van der Waals surface area contributed by atoms with Crippen molar-refractivity contribution in [2.45, 2.75) is 11.1 Å². The van der Waals surface area contributed by atoms with Gasteiger partial charge in [-0.1, -0.05) is 0 Å². The Balaban J connectivity index is 0.000000412. The summed E-state index contributed by atoms with van der Waals surface area (Å²) in [6.45, 7) is 0. The molecule has 9 nitrogen and oxygen atoms in total. The average molecular weight is 395 g/mol. The molecule has 0 saturated heterocycles. The van der Waals surface area contributed by atoms with Gasteiger partial charge in [0.2, 0.25) is 5.88 Å². The van der Waals surface area contributed by atoms with Gasteiger partial charge in [0.25, 0.3) is 10.0 Å². The first-order chi connectivity index (χ1) is 12.0. The van der Waals surface area contributed by atoms with E-state index in [-0.39, 0.29) is 10.7 Å². The van der Waals surface area contributed by atoms with Gasteiger partial charge in [-0.05, 0) is 18.2 Å². The summed E-state index contributed by atoms with van der Waals surface area (Å²) in [5.74, 6) is -2.32. The van der Waals surface area contributed by atoms with Crippen molar-refractivity contribution in [2.75, 3.05) is 11.8 Å². The molecular weight excluding hydrogens is 381 g/mol. The Morgan fingerprint density at radius 3 is 2.08 bits per heavy atom. The number of nitrogens with one attached hydrogen (secondary N) is 1. The lowest BCUT2D eigenvalue weighted by atomic mass is 10.3. The van der Waals surface area contributed by atoms with Gasteiger partial charge in [-0.2, -0.15) is 13.2 Å². The van der Waals surface area contributed by atoms with Gasteiger partial charge in [0.05, 0.1) is 12.0 Å². The van der Waals surface area contributed by atoms with Crippen molar-refractivity contribution >= 4 is 27.5 Å². The highest BCUT2D eigenvalue weighted by molar-refractivity contribution is 7.92. The number of carbonyl (C=O) groups is 1. The Kier molecular flexibility index (Phi) is 6.85. The molecule has 1 aromatic heterocycles. The monoisotopic (exact) mass is 395 g/mol. The first-order valence-corrected chi connectivity index (χ1v) is 8.06. The number of carboxylic acids is 1. The maximum absolute atomic E-state index is 12.0. The van der Waals surface area contributed by atoms with Crippen LogP contribution in [0.4, 0.5) is 24.7 Å². The zero-order valence-corrected chi connectivity index (χ0v) is 14.0. The number of anilines is 1. The van der Waals surface area contributed by atoms with E-state index >= 15 is 0 Å². The third-order valence-corrected chi connectivity index (χ3v) is 3.93. The summed E-state index contributed by atoms with van der Waals surface area (Å²) >= 11 is 0. The molecule has 0 aliphatic rings. The van der Waals surface area contributed by atoms with Crippen molar-refractivity contribution in [3.63, 3.8) is 0 Å². The lowest BCUT2D eigenvalue weighted by Crippen LogP contribution is -2.39. The van der Waals surface area contributed by atoms with Crippen molar-refractivity contribution in [2.24, 2.45) is 0 Å². The van der Waals surface area contributed by atoms with Crippen molar-refractivity contribution in [3.05, 3.63) is 36.4 Å². The van der Waals surface area contributed by atoms with Crippen LogP contribution in [0.3, 0.4) is 0 Å². The normalized spacial score (nSPS) is 11.1. The number of aromatic nitrogens is 2. The molecule has 0 atom stereocenters. The van der Waals surface area contributed by atoms with Crippen molar-refractivity contribution < 1.29 is 42.0 Å². The summed E-state index contributed by atoms with van der Waals surface area (Å²) < 4.78 is 63.0. The Morgan fingerprint density at radius 2 is 1.69 bits per heavy atom. The number of nitrogens with zero attached hydrogens (tertiary/aromatic N) is 2. The van der Waals surface area contributed by atoms with Gasteiger partial charge in [0, 0.05) is 18.2 Å². The van der Waals surface area contributed by atoms with Crippen LogP contribution in [0.5, 0.6) is 5.88 Å². The van der Waals surface area contributed by atoms with Gasteiger partial charge < -0.3 is 15.6 Å². The van der Waals surface area contributed by atoms with Crippen LogP contribution >= 0.6 is 0 Å². The smallest absolute Gasteiger partial charge is 0.480 e. The van der Waals surface area contributed by atoms with Gasteiger partial charge in [0.15, 0.2) is 5.82 Å². The molecule has 142 valence electrons. The van der Waals surface area contributed by atoms with E-state index in [2.05, 4.69) is 20.7 Å². The molecule has 1 aromatic carbocycles. The van der Waals surface area contributed by atoms with Crippen LogP contribution in [0, 0.1) is 0 Å². The summed E-state index contributed by atoms with van der Waals surface area (Å²) in [4.78, 5) is 9.03. The third kappa shape index (κ3) is 6.52. The first kappa shape index (κ1) is 21.1. The van der Waals surface area contributed by atoms with E-state index in [0.29, 0.717) is 5.88 Å². The molecule has 2 rings (SSSR count). The molecule has 26 heavy (non-hydrogen) atoms. The number of quaternary nitrogens is 1. The number of methoxy groups -OCH3 is 1. The minimum atomic E-state index is -5.08. The van der Waals surface area contributed by atoms with E-state index in [1.54, 1.807) is 12.1 Å². The Morgan fingerprint density at radius 1 is 1.15 bits per heavy atom. The maximum Gasteiger partial charge on any atom is 0.490 e. The highest BCUT2D eigenvalue weighted by Crippen LogP contribution is 2.16.